The number of halogens is 2. The highest BCUT2D eigenvalue weighted by molar-refractivity contribution is 9.10. The average molecular weight is 327 g/mol. The predicted molar refractivity (Wildman–Crippen MR) is 75.3 cm³/mol. The number of aromatic nitrogens is 1. The molecule has 2 atom stereocenters. The second kappa shape index (κ2) is 5.84. The lowest BCUT2D eigenvalue weighted by molar-refractivity contribution is 0.380. The van der Waals surface area contributed by atoms with Gasteiger partial charge < -0.3 is 4.42 Å². The maximum Gasteiger partial charge on any atom is 0.211 e. The zero-order valence-corrected chi connectivity index (χ0v) is 12.7. The van der Waals surface area contributed by atoms with E-state index in [1.54, 1.807) is 12.3 Å². The smallest absolute Gasteiger partial charge is 0.211 e. The third-order valence-electron chi connectivity index (χ3n) is 2.94. The van der Waals surface area contributed by atoms with E-state index in [9.17, 15) is 4.39 Å². The highest BCUT2D eigenvalue weighted by Crippen LogP contribution is 2.26. The number of rotatable bonds is 4. The average Bonchev–Trinajstić information content (AvgIpc) is 2.75. The van der Waals surface area contributed by atoms with E-state index in [1.807, 2.05) is 20.8 Å². The van der Waals surface area contributed by atoms with Crippen molar-refractivity contribution in [2.24, 2.45) is 0 Å². The highest BCUT2D eigenvalue weighted by atomic mass is 79.9. The van der Waals surface area contributed by atoms with Crippen molar-refractivity contribution in [1.82, 2.24) is 10.3 Å². The van der Waals surface area contributed by atoms with Gasteiger partial charge in [0.05, 0.1) is 12.2 Å². The van der Waals surface area contributed by atoms with E-state index in [0.29, 0.717) is 5.89 Å². The maximum atomic E-state index is 13.1. The van der Waals surface area contributed by atoms with Crippen LogP contribution in [0.1, 0.15) is 43.1 Å². The van der Waals surface area contributed by atoms with E-state index in [-0.39, 0.29) is 17.9 Å². The van der Waals surface area contributed by atoms with E-state index in [2.05, 4.69) is 26.2 Å². The van der Waals surface area contributed by atoms with Gasteiger partial charge in [-0.3, -0.25) is 5.32 Å². The molecule has 19 heavy (non-hydrogen) atoms. The van der Waals surface area contributed by atoms with E-state index < -0.39 is 0 Å². The van der Waals surface area contributed by atoms with Crippen LogP contribution in [0.5, 0.6) is 0 Å². The summed E-state index contributed by atoms with van der Waals surface area (Å²) in [6.07, 6.45) is 1.70. The Kier molecular flexibility index (Phi) is 4.37. The van der Waals surface area contributed by atoms with E-state index >= 15 is 0 Å². The number of benzene rings is 1. The lowest BCUT2D eigenvalue weighted by atomic mass is 10.1. The minimum atomic E-state index is -0.251. The van der Waals surface area contributed by atoms with Crippen LogP contribution in [0.25, 0.3) is 0 Å². The minimum absolute atomic E-state index is 0.0133. The lowest BCUT2D eigenvalue weighted by Gasteiger charge is -2.19. The minimum Gasteiger partial charge on any atom is -0.444 e. The topological polar surface area (TPSA) is 38.1 Å². The molecule has 1 aromatic carbocycles. The van der Waals surface area contributed by atoms with Crippen LogP contribution in [0.3, 0.4) is 0 Å². The van der Waals surface area contributed by atoms with Gasteiger partial charge in [0.25, 0.3) is 0 Å². The Hall–Kier alpha value is -1.20. The summed E-state index contributed by atoms with van der Waals surface area (Å²) in [5.41, 5.74) is 0.997. The van der Waals surface area contributed by atoms with Crippen molar-refractivity contribution < 1.29 is 8.81 Å². The van der Waals surface area contributed by atoms with Crippen molar-refractivity contribution >= 4 is 15.9 Å². The molecule has 102 valence electrons. The summed E-state index contributed by atoms with van der Waals surface area (Å²) >= 11 is 3.38. The van der Waals surface area contributed by atoms with Crippen molar-refractivity contribution in [2.45, 2.75) is 32.9 Å². The van der Waals surface area contributed by atoms with Crippen molar-refractivity contribution in [2.75, 3.05) is 0 Å². The molecule has 2 aromatic rings. The summed E-state index contributed by atoms with van der Waals surface area (Å²) in [5.74, 6) is 1.20. The molecule has 3 nitrogen and oxygen atoms in total. The molecule has 1 aromatic heterocycles. The first kappa shape index (κ1) is 14.2. The van der Waals surface area contributed by atoms with Gasteiger partial charge in [0.1, 0.15) is 11.6 Å². The van der Waals surface area contributed by atoms with Crippen molar-refractivity contribution in [3.8, 4) is 0 Å². The summed E-state index contributed by atoms with van der Waals surface area (Å²) in [5, 5.41) is 3.38. The van der Waals surface area contributed by atoms with Gasteiger partial charge in [0.2, 0.25) is 5.89 Å². The van der Waals surface area contributed by atoms with E-state index in [4.69, 9.17) is 4.42 Å². The summed E-state index contributed by atoms with van der Waals surface area (Å²) in [4.78, 5) is 4.20. The monoisotopic (exact) mass is 326 g/mol. The molecular formula is C14H16BrFN2O. The maximum absolute atomic E-state index is 13.1. The van der Waals surface area contributed by atoms with Crippen LogP contribution in [-0.2, 0) is 0 Å². The zero-order valence-electron chi connectivity index (χ0n) is 11.1. The first-order valence-corrected chi connectivity index (χ1v) is 6.90. The molecule has 0 saturated carbocycles. The summed E-state index contributed by atoms with van der Waals surface area (Å²) < 4.78 is 19.3. The molecule has 0 aliphatic carbocycles. The molecule has 2 unspecified atom stereocenters. The number of nitrogens with one attached hydrogen (secondary N) is 1. The first-order valence-electron chi connectivity index (χ1n) is 6.10. The van der Waals surface area contributed by atoms with Crippen molar-refractivity contribution in [3.63, 3.8) is 0 Å². The Labute approximate surface area is 120 Å². The highest BCUT2D eigenvalue weighted by Gasteiger charge is 2.16. The number of oxazole rings is 1. The van der Waals surface area contributed by atoms with E-state index in [0.717, 1.165) is 15.8 Å². The molecule has 0 fully saturated rings. The molecular weight excluding hydrogens is 311 g/mol. The molecule has 1 N–H and O–H groups in total. The fourth-order valence-corrected chi connectivity index (χ4v) is 2.66. The third-order valence-corrected chi connectivity index (χ3v) is 3.63. The Bertz CT molecular complexity index is 570. The Morgan fingerprint density at radius 3 is 2.63 bits per heavy atom. The van der Waals surface area contributed by atoms with Crippen LogP contribution in [-0.4, -0.2) is 4.98 Å². The molecule has 0 aliphatic rings. The fourth-order valence-electron chi connectivity index (χ4n) is 1.96. The number of aryl methyl sites for hydroxylation is 1. The van der Waals surface area contributed by atoms with Gasteiger partial charge in [-0.15, -0.1) is 0 Å². The molecule has 5 heteroatoms. The molecule has 0 saturated heterocycles. The van der Waals surface area contributed by atoms with Crippen molar-refractivity contribution in [3.05, 3.63) is 51.9 Å². The van der Waals surface area contributed by atoms with Gasteiger partial charge in [-0.05, 0) is 38.5 Å². The summed E-state index contributed by atoms with van der Waals surface area (Å²) in [7, 11) is 0. The van der Waals surface area contributed by atoms with Crippen LogP contribution in [0.4, 0.5) is 4.39 Å². The lowest BCUT2D eigenvalue weighted by Crippen LogP contribution is -2.23. The molecule has 0 spiro atoms. The number of nitrogens with zero attached hydrogens (tertiary/aromatic N) is 1. The SMILES string of the molecule is Cc1cnc(C(C)NC(C)c2ccc(F)cc2Br)o1. The van der Waals surface area contributed by atoms with Crippen LogP contribution >= 0.6 is 15.9 Å². The zero-order chi connectivity index (χ0) is 14.0. The molecule has 0 radical (unpaired) electrons. The van der Waals surface area contributed by atoms with Gasteiger partial charge in [-0.25, -0.2) is 9.37 Å². The fraction of sp³-hybridized carbons (Fsp3) is 0.357. The van der Waals surface area contributed by atoms with Crippen LogP contribution in [0.15, 0.2) is 33.3 Å². The Morgan fingerprint density at radius 2 is 2.05 bits per heavy atom. The van der Waals surface area contributed by atoms with Gasteiger partial charge in [0.15, 0.2) is 0 Å². The second-order valence-electron chi connectivity index (χ2n) is 4.59. The number of hydrogen-bond acceptors (Lipinski definition) is 3. The Balaban J connectivity index is 2.10. The van der Waals surface area contributed by atoms with Crippen molar-refractivity contribution in [1.29, 1.82) is 0 Å². The van der Waals surface area contributed by atoms with Gasteiger partial charge in [0, 0.05) is 10.5 Å². The summed E-state index contributed by atoms with van der Waals surface area (Å²) in [6.45, 7) is 5.87. The Morgan fingerprint density at radius 1 is 1.32 bits per heavy atom. The molecule has 0 bridgehead atoms. The molecule has 0 aliphatic heterocycles. The number of hydrogen-bond donors (Lipinski definition) is 1. The predicted octanol–water partition coefficient (Wildman–Crippen LogP) is 4.30. The van der Waals surface area contributed by atoms with E-state index in [1.165, 1.54) is 12.1 Å². The van der Waals surface area contributed by atoms with Crippen LogP contribution in [0.2, 0.25) is 0 Å². The molecule has 0 amide bonds. The largest absolute Gasteiger partial charge is 0.444 e. The molecule has 1 heterocycles. The summed E-state index contributed by atoms with van der Waals surface area (Å²) in [6, 6.07) is 4.73. The van der Waals surface area contributed by atoms with Gasteiger partial charge in [-0.2, -0.15) is 0 Å². The quantitative estimate of drug-likeness (QED) is 0.910. The van der Waals surface area contributed by atoms with Crippen LogP contribution in [0, 0.1) is 12.7 Å². The molecule has 2 rings (SSSR count). The normalized spacial score (nSPS) is 14.4. The first-order chi connectivity index (χ1) is 8.97. The van der Waals surface area contributed by atoms with Gasteiger partial charge in [-0.1, -0.05) is 22.0 Å². The van der Waals surface area contributed by atoms with Gasteiger partial charge >= 0.3 is 0 Å². The second-order valence-corrected chi connectivity index (χ2v) is 5.44. The standard InChI is InChI=1S/C14H16BrFN2O/c1-8-7-17-14(19-8)10(3)18-9(2)12-5-4-11(16)6-13(12)15/h4-7,9-10,18H,1-3H3. The third kappa shape index (κ3) is 3.42. The van der Waals surface area contributed by atoms with Crippen LogP contribution < -0.4 is 5.32 Å².